The Morgan fingerprint density at radius 2 is 1.95 bits per heavy atom. The molecule has 116 valence electrons. The van der Waals surface area contributed by atoms with E-state index in [1.165, 1.54) is 0 Å². The lowest BCUT2D eigenvalue weighted by Crippen LogP contribution is -2.07. The van der Waals surface area contributed by atoms with Crippen LogP contribution in [0.15, 0.2) is 17.3 Å². The molecule has 0 spiro atoms. The number of hydrogen-bond acceptors (Lipinski definition) is 4. The molecule has 0 saturated carbocycles. The van der Waals surface area contributed by atoms with Gasteiger partial charge in [0.1, 0.15) is 4.90 Å². The zero-order valence-electron chi connectivity index (χ0n) is 12.4. The number of aryl methyl sites for hydroxylation is 2. The molecule has 0 aliphatic heterocycles. The normalized spacial score (nSPS) is 12.0. The van der Waals surface area contributed by atoms with Gasteiger partial charge < -0.3 is 0 Å². The molecule has 6 nitrogen and oxygen atoms in total. The van der Waals surface area contributed by atoms with E-state index < -0.39 is 9.05 Å². The Morgan fingerprint density at radius 3 is 2.43 bits per heavy atom. The van der Waals surface area contributed by atoms with Crippen LogP contribution in [0.2, 0.25) is 0 Å². The van der Waals surface area contributed by atoms with E-state index in [1.807, 2.05) is 31.6 Å². The van der Waals surface area contributed by atoms with Crippen molar-refractivity contribution in [3.05, 3.63) is 29.3 Å². The summed E-state index contributed by atoms with van der Waals surface area (Å²) in [5.74, 6) is 0. The molecule has 0 fully saturated rings. The van der Waals surface area contributed by atoms with E-state index in [0.717, 1.165) is 12.1 Å². The standard InChI is InChI=1S/C13H19ClN4O2S/c1-4-11-13(21(14,19)20)12(5-2)18(16-11)9-10-7-15-17(6-3)8-10/h7-8H,4-6,9H2,1-3H3. The van der Waals surface area contributed by atoms with Crippen molar-refractivity contribution in [2.45, 2.75) is 51.6 Å². The summed E-state index contributed by atoms with van der Waals surface area (Å²) in [6, 6.07) is 0. The van der Waals surface area contributed by atoms with Crippen molar-refractivity contribution in [2.75, 3.05) is 0 Å². The summed E-state index contributed by atoms with van der Waals surface area (Å²) in [5.41, 5.74) is 2.14. The summed E-state index contributed by atoms with van der Waals surface area (Å²) in [4.78, 5) is 0.164. The van der Waals surface area contributed by atoms with Crippen molar-refractivity contribution in [1.29, 1.82) is 0 Å². The van der Waals surface area contributed by atoms with E-state index in [2.05, 4.69) is 10.2 Å². The van der Waals surface area contributed by atoms with Crippen molar-refractivity contribution in [3.63, 3.8) is 0 Å². The molecular formula is C13H19ClN4O2S. The van der Waals surface area contributed by atoms with Gasteiger partial charge in [0.15, 0.2) is 0 Å². The van der Waals surface area contributed by atoms with Gasteiger partial charge >= 0.3 is 0 Å². The van der Waals surface area contributed by atoms with Crippen molar-refractivity contribution < 1.29 is 8.42 Å². The Bertz CT molecular complexity index is 733. The van der Waals surface area contributed by atoms with E-state index in [1.54, 1.807) is 10.9 Å². The Hall–Kier alpha value is -1.34. The first-order chi connectivity index (χ1) is 9.90. The van der Waals surface area contributed by atoms with Crippen molar-refractivity contribution in [2.24, 2.45) is 0 Å². The Balaban J connectivity index is 2.46. The minimum absolute atomic E-state index is 0.164. The molecule has 0 aliphatic carbocycles. The fraction of sp³-hybridized carbons (Fsp3) is 0.538. The topological polar surface area (TPSA) is 69.8 Å². The zero-order chi connectivity index (χ0) is 15.6. The van der Waals surface area contributed by atoms with Gasteiger partial charge in [-0.25, -0.2) is 8.42 Å². The van der Waals surface area contributed by atoms with Gasteiger partial charge in [-0.15, -0.1) is 0 Å². The van der Waals surface area contributed by atoms with Crippen LogP contribution >= 0.6 is 10.7 Å². The minimum atomic E-state index is -3.79. The highest BCUT2D eigenvalue weighted by molar-refractivity contribution is 8.13. The molecular weight excluding hydrogens is 312 g/mol. The predicted octanol–water partition coefficient (Wildman–Crippen LogP) is 2.20. The van der Waals surface area contributed by atoms with E-state index in [-0.39, 0.29) is 4.90 Å². The van der Waals surface area contributed by atoms with Gasteiger partial charge in [-0.1, -0.05) is 13.8 Å². The predicted molar refractivity (Wildman–Crippen MR) is 81.0 cm³/mol. The van der Waals surface area contributed by atoms with Crippen LogP contribution in [0.5, 0.6) is 0 Å². The molecule has 0 N–H and O–H groups in total. The summed E-state index contributed by atoms with van der Waals surface area (Å²) >= 11 is 0. The van der Waals surface area contributed by atoms with Gasteiger partial charge in [0, 0.05) is 29.0 Å². The van der Waals surface area contributed by atoms with Gasteiger partial charge in [-0.2, -0.15) is 10.2 Å². The van der Waals surface area contributed by atoms with Crippen molar-refractivity contribution in [3.8, 4) is 0 Å². The van der Waals surface area contributed by atoms with Crippen LogP contribution in [0.3, 0.4) is 0 Å². The Morgan fingerprint density at radius 1 is 1.24 bits per heavy atom. The summed E-state index contributed by atoms with van der Waals surface area (Å²) in [6.07, 6.45) is 4.78. The largest absolute Gasteiger partial charge is 0.273 e. The third-order valence-electron chi connectivity index (χ3n) is 3.33. The first kappa shape index (κ1) is 16.0. The van der Waals surface area contributed by atoms with Gasteiger partial charge in [0.2, 0.25) is 0 Å². The quantitative estimate of drug-likeness (QED) is 0.761. The number of nitrogens with zero attached hydrogens (tertiary/aromatic N) is 4. The van der Waals surface area contributed by atoms with Gasteiger partial charge in [-0.05, 0) is 19.8 Å². The molecule has 0 aromatic carbocycles. The summed E-state index contributed by atoms with van der Waals surface area (Å²) < 4.78 is 27.1. The summed E-state index contributed by atoms with van der Waals surface area (Å²) in [7, 11) is 1.78. The van der Waals surface area contributed by atoms with Crippen LogP contribution in [0.1, 0.15) is 37.7 Å². The molecule has 2 heterocycles. The lowest BCUT2D eigenvalue weighted by atomic mass is 10.2. The summed E-state index contributed by atoms with van der Waals surface area (Å²) in [6.45, 7) is 7.06. The van der Waals surface area contributed by atoms with Crippen LogP contribution in [-0.2, 0) is 35.0 Å². The fourth-order valence-electron chi connectivity index (χ4n) is 2.36. The molecule has 0 saturated heterocycles. The van der Waals surface area contributed by atoms with Crippen LogP contribution in [0, 0.1) is 0 Å². The van der Waals surface area contributed by atoms with E-state index in [4.69, 9.17) is 10.7 Å². The minimum Gasteiger partial charge on any atom is -0.273 e. The SMILES string of the molecule is CCc1nn(Cc2cnn(CC)c2)c(CC)c1S(=O)(=O)Cl. The second kappa shape index (κ2) is 6.19. The first-order valence-corrected chi connectivity index (χ1v) is 9.26. The molecule has 0 atom stereocenters. The molecule has 21 heavy (non-hydrogen) atoms. The third-order valence-corrected chi connectivity index (χ3v) is 4.76. The number of halogens is 1. The van der Waals surface area contributed by atoms with Gasteiger partial charge in [0.25, 0.3) is 9.05 Å². The molecule has 0 bridgehead atoms. The third kappa shape index (κ3) is 3.29. The lowest BCUT2D eigenvalue weighted by molar-refractivity contribution is 0.605. The maximum absolute atomic E-state index is 11.8. The Labute approximate surface area is 129 Å². The van der Waals surface area contributed by atoms with Crippen LogP contribution in [-0.4, -0.2) is 28.0 Å². The van der Waals surface area contributed by atoms with Gasteiger partial charge in [0.05, 0.1) is 24.1 Å². The van der Waals surface area contributed by atoms with Crippen LogP contribution in [0.25, 0.3) is 0 Å². The highest BCUT2D eigenvalue weighted by Gasteiger charge is 2.25. The molecule has 0 unspecified atom stereocenters. The molecule has 2 aromatic heterocycles. The highest BCUT2D eigenvalue weighted by atomic mass is 35.7. The van der Waals surface area contributed by atoms with Crippen LogP contribution < -0.4 is 0 Å². The molecule has 0 amide bonds. The second-order valence-corrected chi connectivity index (χ2v) is 7.23. The molecule has 8 heteroatoms. The molecule has 2 aromatic rings. The number of rotatable bonds is 6. The van der Waals surface area contributed by atoms with E-state index in [0.29, 0.717) is 30.8 Å². The van der Waals surface area contributed by atoms with Crippen molar-refractivity contribution >= 4 is 19.7 Å². The lowest BCUT2D eigenvalue weighted by Gasteiger charge is -2.05. The maximum atomic E-state index is 11.8. The monoisotopic (exact) mass is 330 g/mol. The average molecular weight is 331 g/mol. The first-order valence-electron chi connectivity index (χ1n) is 6.95. The molecule has 0 radical (unpaired) electrons. The van der Waals surface area contributed by atoms with E-state index in [9.17, 15) is 8.42 Å². The van der Waals surface area contributed by atoms with Gasteiger partial charge in [-0.3, -0.25) is 9.36 Å². The maximum Gasteiger partial charge on any atom is 0.264 e. The highest BCUT2D eigenvalue weighted by Crippen LogP contribution is 2.26. The van der Waals surface area contributed by atoms with E-state index >= 15 is 0 Å². The smallest absolute Gasteiger partial charge is 0.264 e. The van der Waals surface area contributed by atoms with Crippen LogP contribution in [0.4, 0.5) is 0 Å². The number of aromatic nitrogens is 4. The number of hydrogen-bond donors (Lipinski definition) is 0. The Kier molecular flexibility index (Phi) is 4.73. The van der Waals surface area contributed by atoms with Crippen molar-refractivity contribution in [1.82, 2.24) is 19.6 Å². The fourth-order valence-corrected chi connectivity index (χ4v) is 3.89. The molecule has 0 aliphatic rings. The second-order valence-electron chi connectivity index (χ2n) is 4.73. The zero-order valence-corrected chi connectivity index (χ0v) is 13.9. The summed E-state index contributed by atoms with van der Waals surface area (Å²) in [5, 5.41) is 8.63. The molecule has 2 rings (SSSR count). The average Bonchev–Trinajstić information content (AvgIpc) is 3.02.